The molecule has 0 amide bonds. The van der Waals surface area contributed by atoms with Gasteiger partial charge in [-0.1, -0.05) is 6.07 Å². The van der Waals surface area contributed by atoms with Crippen molar-refractivity contribution in [2.75, 3.05) is 12.4 Å². The average Bonchev–Trinajstić information content (AvgIpc) is 2.38. The van der Waals surface area contributed by atoms with Crippen molar-refractivity contribution >= 4 is 5.82 Å². The number of benzene rings is 1. The molecule has 2 aromatic rings. The Kier molecular flexibility index (Phi) is 3.55. The van der Waals surface area contributed by atoms with Crippen LogP contribution in [0.4, 0.5) is 10.2 Å². The standard InChI is InChI=1S/C13H13FN2O/c1-15-13-10(3-2-8-16-13)9-17-12-6-4-11(14)5-7-12/h2-8H,9H2,1H3,(H,15,16). The number of rotatable bonds is 4. The minimum atomic E-state index is -0.269. The number of halogens is 1. The molecule has 0 saturated heterocycles. The van der Waals surface area contributed by atoms with Crippen molar-refractivity contribution in [3.05, 3.63) is 54.0 Å². The van der Waals surface area contributed by atoms with Gasteiger partial charge in [-0.05, 0) is 30.3 Å². The topological polar surface area (TPSA) is 34.2 Å². The van der Waals surface area contributed by atoms with E-state index in [1.54, 1.807) is 18.3 Å². The van der Waals surface area contributed by atoms with E-state index in [0.717, 1.165) is 11.4 Å². The zero-order valence-corrected chi connectivity index (χ0v) is 9.48. The Morgan fingerprint density at radius 3 is 2.71 bits per heavy atom. The van der Waals surface area contributed by atoms with Crippen LogP contribution in [0.15, 0.2) is 42.6 Å². The van der Waals surface area contributed by atoms with Crippen molar-refractivity contribution < 1.29 is 9.13 Å². The van der Waals surface area contributed by atoms with Crippen LogP contribution in [0.2, 0.25) is 0 Å². The molecule has 0 spiro atoms. The van der Waals surface area contributed by atoms with Crippen LogP contribution in [0.1, 0.15) is 5.56 Å². The highest BCUT2D eigenvalue weighted by Gasteiger charge is 2.02. The van der Waals surface area contributed by atoms with E-state index >= 15 is 0 Å². The number of hydrogen-bond acceptors (Lipinski definition) is 3. The summed E-state index contributed by atoms with van der Waals surface area (Å²) in [6, 6.07) is 9.73. The quantitative estimate of drug-likeness (QED) is 0.880. The predicted octanol–water partition coefficient (Wildman–Crippen LogP) is 2.84. The summed E-state index contributed by atoms with van der Waals surface area (Å²) in [5.41, 5.74) is 0.958. The highest BCUT2D eigenvalue weighted by molar-refractivity contribution is 5.42. The Bertz CT molecular complexity index is 485. The molecule has 1 aromatic carbocycles. The molecule has 0 atom stereocenters. The molecule has 88 valence electrons. The first-order chi connectivity index (χ1) is 8.29. The smallest absolute Gasteiger partial charge is 0.132 e. The van der Waals surface area contributed by atoms with Crippen molar-refractivity contribution in [2.24, 2.45) is 0 Å². The molecule has 17 heavy (non-hydrogen) atoms. The number of ether oxygens (including phenoxy) is 1. The number of nitrogens with one attached hydrogen (secondary N) is 1. The molecule has 0 aliphatic heterocycles. The molecule has 0 saturated carbocycles. The lowest BCUT2D eigenvalue weighted by Gasteiger charge is -2.09. The number of anilines is 1. The Morgan fingerprint density at radius 2 is 2.00 bits per heavy atom. The van der Waals surface area contributed by atoms with Gasteiger partial charge in [0.15, 0.2) is 0 Å². The van der Waals surface area contributed by atoms with Gasteiger partial charge in [0, 0.05) is 18.8 Å². The molecule has 0 aliphatic carbocycles. The molecule has 0 unspecified atom stereocenters. The number of pyridine rings is 1. The molecule has 0 radical (unpaired) electrons. The van der Waals surface area contributed by atoms with E-state index in [-0.39, 0.29) is 5.82 Å². The molecule has 0 bridgehead atoms. The van der Waals surface area contributed by atoms with Crippen molar-refractivity contribution in [3.63, 3.8) is 0 Å². The van der Waals surface area contributed by atoms with Crippen LogP contribution in [0.5, 0.6) is 5.75 Å². The fourth-order valence-corrected chi connectivity index (χ4v) is 1.47. The summed E-state index contributed by atoms with van der Waals surface area (Å²) in [5.74, 6) is 1.15. The Hall–Kier alpha value is -2.10. The van der Waals surface area contributed by atoms with Gasteiger partial charge in [0.25, 0.3) is 0 Å². The summed E-state index contributed by atoms with van der Waals surface area (Å²) in [4.78, 5) is 4.17. The molecule has 2 rings (SSSR count). The van der Waals surface area contributed by atoms with Crippen molar-refractivity contribution in [1.29, 1.82) is 0 Å². The van der Waals surface area contributed by atoms with Crippen LogP contribution in [-0.2, 0) is 6.61 Å². The fraction of sp³-hybridized carbons (Fsp3) is 0.154. The SMILES string of the molecule is CNc1ncccc1COc1ccc(F)cc1. The predicted molar refractivity (Wildman–Crippen MR) is 64.5 cm³/mol. The second-order valence-corrected chi connectivity index (χ2v) is 3.50. The van der Waals surface area contributed by atoms with Gasteiger partial charge in [0.2, 0.25) is 0 Å². The van der Waals surface area contributed by atoms with E-state index in [1.807, 2.05) is 19.2 Å². The third-order valence-electron chi connectivity index (χ3n) is 2.34. The molecule has 0 fully saturated rings. The Morgan fingerprint density at radius 1 is 1.24 bits per heavy atom. The van der Waals surface area contributed by atoms with Crippen molar-refractivity contribution in [3.8, 4) is 5.75 Å². The lowest BCUT2D eigenvalue weighted by molar-refractivity contribution is 0.306. The zero-order chi connectivity index (χ0) is 12.1. The van der Waals surface area contributed by atoms with Gasteiger partial charge < -0.3 is 10.1 Å². The van der Waals surface area contributed by atoms with E-state index in [1.165, 1.54) is 12.1 Å². The van der Waals surface area contributed by atoms with Crippen LogP contribution >= 0.6 is 0 Å². The van der Waals surface area contributed by atoms with Gasteiger partial charge in [-0.2, -0.15) is 0 Å². The fourth-order valence-electron chi connectivity index (χ4n) is 1.47. The number of hydrogen-bond donors (Lipinski definition) is 1. The number of nitrogens with zero attached hydrogens (tertiary/aromatic N) is 1. The third kappa shape index (κ3) is 2.93. The van der Waals surface area contributed by atoms with E-state index in [0.29, 0.717) is 12.4 Å². The first-order valence-corrected chi connectivity index (χ1v) is 5.29. The van der Waals surface area contributed by atoms with Gasteiger partial charge >= 0.3 is 0 Å². The van der Waals surface area contributed by atoms with E-state index in [4.69, 9.17) is 4.74 Å². The summed E-state index contributed by atoms with van der Waals surface area (Å²) in [6.07, 6.45) is 1.72. The number of aromatic nitrogens is 1. The second-order valence-electron chi connectivity index (χ2n) is 3.50. The highest BCUT2D eigenvalue weighted by atomic mass is 19.1. The summed E-state index contributed by atoms with van der Waals surface area (Å²) in [6.45, 7) is 0.398. The monoisotopic (exact) mass is 232 g/mol. The highest BCUT2D eigenvalue weighted by Crippen LogP contribution is 2.16. The summed E-state index contributed by atoms with van der Waals surface area (Å²) < 4.78 is 18.2. The van der Waals surface area contributed by atoms with E-state index in [2.05, 4.69) is 10.3 Å². The van der Waals surface area contributed by atoms with Gasteiger partial charge in [-0.25, -0.2) is 9.37 Å². The van der Waals surface area contributed by atoms with Crippen molar-refractivity contribution in [2.45, 2.75) is 6.61 Å². The molecule has 4 heteroatoms. The lowest BCUT2D eigenvalue weighted by Crippen LogP contribution is -2.02. The maximum absolute atomic E-state index is 12.7. The van der Waals surface area contributed by atoms with Gasteiger partial charge in [0.1, 0.15) is 24.0 Å². The molecular formula is C13H13FN2O. The zero-order valence-electron chi connectivity index (χ0n) is 9.48. The van der Waals surface area contributed by atoms with Crippen LogP contribution < -0.4 is 10.1 Å². The van der Waals surface area contributed by atoms with E-state index < -0.39 is 0 Å². The van der Waals surface area contributed by atoms with E-state index in [9.17, 15) is 4.39 Å². The van der Waals surface area contributed by atoms with Gasteiger partial charge in [-0.15, -0.1) is 0 Å². The maximum atomic E-state index is 12.7. The average molecular weight is 232 g/mol. The Balaban J connectivity index is 2.04. The lowest BCUT2D eigenvalue weighted by atomic mass is 10.2. The first-order valence-electron chi connectivity index (χ1n) is 5.29. The molecule has 1 heterocycles. The first kappa shape index (κ1) is 11.4. The molecule has 3 nitrogen and oxygen atoms in total. The maximum Gasteiger partial charge on any atom is 0.132 e. The minimum Gasteiger partial charge on any atom is -0.489 e. The summed E-state index contributed by atoms with van der Waals surface area (Å²) >= 11 is 0. The van der Waals surface area contributed by atoms with Crippen molar-refractivity contribution in [1.82, 2.24) is 4.98 Å². The van der Waals surface area contributed by atoms with Crippen LogP contribution in [0.3, 0.4) is 0 Å². The minimum absolute atomic E-state index is 0.269. The molecule has 1 N–H and O–H groups in total. The Labute approximate surface area is 99.3 Å². The summed E-state index contributed by atoms with van der Waals surface area (Å²) in [5, 5.41) is 2.99. The van der Waals surface area contributed by atoms with Crippen LogP contribution in [0.25, 0.3) is 0 Å². The van der Waals surface area contributed by atoms with Crippen LogP contribution in [-0.4, -0.2) is 12.0 Å². The van der Waals surface area contributed by atoms with Gasteiger partial charge in [-0.3, -0.25) is 0 Å². The molecular weight excluding hydrogens is 219 g/mol. The van der Waals surface area contributed by atoms with Crippen LogP contribution in [0, 0.1) is 5.82 Å². The normalized spacial score (nSPS) is 10.0. The summed E-state index contributed by atoms with van der Waals surface area (Å²) in [7, 11) is 1.81. The molecule has 1 aromatic heterocycles. The largest absolute Gasteiger partial charge is 0.489 e. The second kappa shape index (κ2) is 5.30. The third-order valence-corrected chi connectivity index (χ3v) is 2.34. The molecule has 0 aliphatic rings. The van der Waals surface area contributed by atoms with Gasteiger partial charge in [0.05, 0.1) is 0 Å².